The van der Waals surface area contributed by atoms with Crippen molar-refractivity contribution in [3.8, 4) is 22.7 Å². The molecule has 0 radical (unpaired) electrons. The van der Waals surface area contributed by atoms with Crippen LogP contribution >= 0.6 is 0 Å². The van der Waals surface area contributed by atoms with Gasteiger partial charge in [-0.05, 0) is 30.9 Å². The second-order valence-electron chi connectivity index (χ2n) is 7.01. The van der Waals surface area contributed by atoms with Crippen molar-refractivity contribution < 1.29 is 5.11 Å². The summed E-state index contributed by atoms with van der Waals surface area (Å²) in [7, 11) is 0. The quantitative estimate of drug-likeness (QED) is 0.707. The third-order valence-corrected chi connectivity index (χ3v) is 5.14. The molecule has 9 heteroatoms. The summed E-state index contributed by atoms with van der Waals surface area (Å²) in [5, 5.41) is 30.7. The molecule has 1 atom stereocenters. The van der Waals surface area contributed by atoms with Gasteiger partial charge in [0.1, 0.15) is 11.4 Å². The first-order valence-electron chi connectivity index (χ1n) is 9.16. The topological polar surface area (TPSA) is 105 Å². The van der Waals surface area contributed by atoms with Crippen molar-refractivity contribution in [2.45, 2.75) is 18.9 Å². The Kier molecular flexibility index (Phi) is 3.93. The van der Waals surface area contributed by atoms with Gasteiger partial charge in [-0.15, -0.1) is 10.2 Å². The summed E-state index contributed by atoms with van der Waals surface area (Å²) in [6.45, 7) is 2.74. The summed E-state index contributed by atoms with van der Waals surface area (Å²) in [6, 6.07) is 5.71. The largest absolute Gasteiger partial charge is 0.507 e. The summed E-state index contributed by atoms with van der Waals surface area (Å²) in [4.78, 5) is 8.11. The van der Waals surface area contributed by atoms with Gasteiger partial charge in [-0.3, -0.25) is 0 Å². The van der Waals surface area contributed by atoms with Crippen molar-refractivity contribution in [2.75, 3.05) is 24.5 Å². The molecule has 2 fully saturated rings. The number of hydrogen-bond donors (Lipinski definition) is 2. The van der Waals surface area contributed by atoms with Crippen LogP contribution in [0.25, 0.3) is 16.9 Å². The molecule has 1 aromatic carbocycles. The van der Waals surface area contributed by atoms with E-state index in [1.807, 2.05) is 6.07 Å². The van der Waals surface area contributed by atoms with Crippen LogP contribution in [0.1, 0.15) is 12.8 Å². The monoisotopic (exact) mass is 364 g/mol. The minimum Gasteiger partial charge on any atom is -0.507 e. The first kappa shape index (κ1) is 16.1. The van der Waals surface area contributed by atoms with Crippen molar-refractivity contribution in [1.82, 2.24) is 35.5 Å². The zero-order chi connectivity index (χ0) is 18.2. The molecule has 0 bridgehead atoms. The van der Waals surface area contributed by atoms with E-state index in [4.69, 9.17) is 0 Å². The minimum atomic E-state index is 0.0876. The Bertz CT molecular complexity index is 923. The lowest BCUT2D eigenvalue weighted by Crippen LogP contribution is -2.52. The smallest absolute Gasteiger partial charge is 0.245 e. The Morgan fingerprint density at radius 1 is 1.11 bits per heavy atom. The molecule has 5 rings (SSSR count). The fourth-order valence-corrected chi connectivity index (χ4v) is 3.52. The molecule has 0 spiro atoms. The fraction of sp³-hybridized carbons (Fsp3) is 0.389. The van der Waals surface area contributed by atoms with Crippen molar-refractivity contribution in [3.05, 3.63) is 36.8 Å². The SMILES string of the molecule is Oc1cc(-n2nccn2)ccc1-c1cnc(N2CCN[C@@H](C3CC3)C2)nn1. The second-order valence-corrected chi connectivity index (χ2v) is 7.01. The summed E-state index contributed by atoms with van der Waals surface area (Å²) in [5.74, 6) is 1.52. The number of piperazine rings is 1. The number of aromatic nitrogens is 6. The van der Waals surface area contributed by atoms with Crippen LogP contribution in [0.15, 0.2) is 36.8 Å². The van der Waals surface area contributed by atoms with Gasteiger partial charge in [-0.1, -0.05) is 0 Å². The molecule has 3 aromatic rings. The van der Waals surface area contributed by atoms with Crippen LogP contribution in [0.2, 0.25) is 0 Å². The van der Waals surface area contributed by atoms with Gasteiger partial charge in [0, 0.05) is 37.3 Å². The maximum Gasteiger partial charge on any atom is 0.245 e. The Hall–Kier alpha value is -3.07. The summed E-state index contributed by atoms with van der Waals surface area (Å²) >= 11 is 0. The fourth-order valence-electron chi connectivity index (χ4n) is 3.52. The maximum absolute atomic E-state index is 10.4. The molecule has 2 aliphatic rings. The van der Waals surface area contributed by atoms with E-state index in [1.165, 1.54) is 17.6 Å². The highest BCUT2D eigenvalue weighted by Gasteiger charge is 2.34. The molecule has 0 amide bonds. The first-order chi connectivity index (χ1) is 13.3. The number of rotatable bonds is 4. The van der Waals surface area contributed by atoms with Gasteiger partial charge in [0.05, 0.1) is 24.3 Å². The summed E-state index contributed by atoms with van der Waals surface area (Å²) < 4.78 is 0. The van der Waals surface area contributed by atoms with E-state index in [0.717, 1.165) is 25.6 Å². The number of benzene rings is 1. The van der Waals surface area contributed by atoms with E-state index in [0.29, 0.717) is 28.9 Å². The van der Waals surface area contributed by atoms with Gasteiger partial charge in [-0.25, -0.2) is 4.98 Å². The van der Waals surface area contributed by atoms with Crippen molar-refractivity contribution in [1.29, 1.82) is 0 Å². The Morgan fingerprint density at radius 3 is 2.67 bits per heavy atom. The number of nitrogens with one attached hydrogen (secondary N) is 1. The molecule has 3 heterocycles. The lowest BCUT2D eigenvalue weighted by molar-refractivity contribution is 0.414. The highest BCUT2D eigenvalue weighted by molar-refractivity contribution is 5.67. The number of anilines is 1. The molecule has 0 unspecified atom stereocenters. The minimum absolute atomic E-state index is 0.0876. The summed E-state index contributed by atoms with van der Waals surface area (Å²) in [5.41, 5.74) is 1.78. The molecule has 1 aliphatic carbocycles. The van der Waals surface area contributed by atoms with Gasteiger partial charge in [0.2, 0.25) is 5.95 Å². The van der Waals surface area contributed by atoms with Crippen LogP contribution in [0.5, 0.6) is 5.75 Å². The number of phenols is 1. The normalized spacial score (nSPS) is 20.0. The molecule has 138 valence electrons. The number of hydrogen-bond acceptors (Lipinski definition) is 8. The lowest BCUT2D eigenvalue weighted by Gasteiger charge is -2.33. The van der Waals surface area contributed by atoms with Gasteiger partial charge >= 0.3 is 0 Å². The first-order valence-corrected chi connectivity index (χ1v) is 9.16. The second kappa shape index (κ2) is 6.58. The Balaban J connectivity index is 1.35. The number of nitrogens with zero attached hydrogens (tertiary/aromatic N) is 7. The molecule has 9 nitrogen and oxygen atoms in total. The van der Waals surface area contributed by atoms with Crippen LogP contribution < -0.4 is 10.2 Å². The van der Waals surface area contributed by atoms with Gasteiger partial charge < -0.3 is 15.3 Å². The molecule has 2 aromatic heterocycles. The highest BCUT2D eigenvalue weighted by Crippen LogP contribution is 2.34. The van der Waals surface area contributed by atoms with E-state index >= 15 is 0 Å². The highest BCUT2D eigenvalue weighted by atomic mass is 16.3. The Labute approximate surface area is 156 Å². The zero-order valence-electron chi connectivity index (χ0n) is 14.7. The van der Waals surface area contributed by atoms with Crippen LogP contribution in [-0.4, -0.2) is 61.0 Å². The summed E-state index contributed by atoms with van der Waals surface area (Å²) in [6.07, 6.45) is 7.46. The molecular formula is C18H20N8O. The van der Waals surface area contributed by atoms with Crippen molar-refractivity contribution >= 4 is 5.95 Å². The van der Waals surface area contributed by atoms with Crippen molar-refractivity contribution in [3.63, 3.8) is 0 Å². The average molecular weight is 364 g/mol. The van der Waals surface area contributed by atoms with E-state index < -0.39 is 0 Å². The van der Waals surface area contributed by atoms with Crippen LogP contribution in [-0.2, 0) is 0 Å². The third kappa shape index (κ3) is 3.21. The predicted octanol–water partition coefficient (Wildman–Crippen LogP) is 1.01. The Morgan fingerprint density at radius 2 is 1.96 bits per heavy atom. The van der Waals surface area contributed by atoms with Gasteiger partial charge in [0.25, 0.3) is 0 Å². The van der Waals surface area contributed by atoms with Crippen LogP contribution in [0, 0.1) is 5.92 Å². The van der Waals surface area contributed by atoms with E-state index in [2.05, 4.69) is 35.6 Å². The van der Waals surface area contributed by atoms with Crippen molar-refractivity contribution in [2.24, 2.45) is 5.92 Å². The van der Waals surface area contributed by atoms with E-state index in [-0.39, 0.29) is 5.75 Å². The van der Waals surface area contributed by atoms with Crippen LogP contribution in [0.4, 0.5) is 5.95 Å². The number of phenolic OH excluding ortho intramolecular Hbond substituents is 1. The van der Waals surface area contributed by atoms with E-state index in [9.17, 15) is 5.11 Å². The molecule has 27 heavy (non-hydrogen) atoms. The third-order valence-electron chi connectivity index (χ3n) is 5.14. The van der Waals surface area contributed by atoms with E-state index in [1.54, 1.807) is 30.7 Å². The molecule has 1 aliphatic heterocycles. The zero-order valence-corrected chi connectivity index (χ0v) is 14.7. The number of aromatic hydroxyl groups is 1. The van der Waals surface area contributed by atoms with Gasteiger partial charge in [-0.2, -0.15) is 15.0 Å². The molecule has 1 saturated heterocycles. The predicted molar refractivity (Wildman–Crippen MR) is 98.6 cm³/mol. The molecule has 2 N–H and O–H groups in total. The standard InChI is InChI=1S/C18H20N8O/c27-17-9-13(26-21-5-6-22-26)3-4-14(17)15-10-20-18(24-23-15)25-8-7-19-16(11-25)12-1-2-12/h3-6,9-10,12,16,19,27H,1-2,7-8,11H2/t16-/m1/s1. The molecular weight excluding hydrogens is 344 g/mol. The average Bonchev–Trinajstić information content (AvgIpc) is 3.42. The van der Waals surface area contributed by atoms with Crippen LogP contribution in [0.3, 0.4) is 0 Å². The molecule has 1 saturated carbocycles. The van der Waals surface area contributed by atoms with Gasteiger partial charge in [0.15, 0.2) is 0 Å². The maximum atomic E-state index is 10.4. The lowest BCUT2D eigenvalue weighted by atomic mass is 10.1.